The summed E-state index contributed by atoms with van der Waals surface area (Å²) in [6, 6.07) is 0. The molecule has 0 aromatic rings. The Balaban J connectivity index is 4.37. The third-order valence-corrected chi connectivity index (χ3v) is 1.83. The molecule has 78 valence electrons. The van der Waals surface area contributed by atoms with Gasteiger partial charge in [-0.15, -0.1) is 0 Å². The average Bonchev–Trinajstić information content (AvgIpc) is 2.12. The third-order valence-electron chi connectivity index (χ3n) is 1.83. The molecule has 0 fully saturated rings. The van der Waals surface area contributed by atoms with Gasteiger partial charge in [-0.25, -0.2) is 0 Å². The quantitative estimate of drug-likeness (QED) is 0.525. The van der Waals surface area contributed by atoms with Crippen LogP contribution in [-0.4, -0.2) is 55.1 Å². The normalized spacial score (nSPS) is 20.4. The van der Waals surface area contributed by atoms with Crippen LogP contribution < -0.4 is 0 Å². The molecule has 0 spiro atoms. The summed E-state index contributed by atoms with van der Waals surface area (Å²) < 4.78 is 9.61. The average molecular weight is 192 g/mol. The Hall–Kier alpha value is -0.490. The van der Waals surface area contributed by atoms with Crippen LogP contribution in [-0.2, 0) is 14.3 Å². The van der Waals surface area contributed by atoms with Crippen molar-refractivity contribution in [1.82, 2.24) is 0 Å². The molecule has 4 atom stereocenters. The lowest BCUT2D eigenvalue weighted by Crippen LogP contribution is -2.46. The Kier molecular flexibility index (Phi) is 5.81. The molecule has 0 radical (unpaired) electrons. The summed E-state index contributed by atoms with van der Waals surface area (Å²) in [6.07, 6.45) is -3.29. The number of aliphatic hydroxyl groups excluding tert-OH is 2. The number of carbonyl (C=O) groups excluding carboxylic acids is 1. The van der Waals surface area contributed by atoms with Crippen molar-refractivity contribution in [2.24, 2.45) is 0 Å². The molecule has 0 rings (SSSR count). The molecule has 5 heteroatoms. The molecular weight excluding hydrogens is 176 g/mol. The molecule has 13 heavy (non-hydrogen) atoms. The number of aldehydes is 1. The zero-order chi connectivity index (χ0) is 10.4. The topological polar surface area (TPSA) is 76.0 Å². The molecule has 0 aromatic carbocycles. The largest absolute Gasteiger partial charge is 0.391 e. The minimum Gasteiger partial charge on any atom is -0.391 e. The first-order chi connectivity index (χ1) is 6.08. The highest BCUT2D eigenvalue weighted by atomic mass is 16.5. The number of hydrogen-bond acceptors (Lipinski definition) is 5. The first-order valence-electron chi connectivity index (χ1n) is 3.95. The first kappa shape index (κ1) is 12.5. The molecule has 0 bridgehead atoms. The van der Waals surface area contributed by atoms with E-state index >= 15 is 0 Å². The Bertz CT molecular complexity index is 147. The van der Waals surface area contributed by atoms with E-state index in [0.29, 0.717) is 6.29 Å². The molecule has 0 aliphatic rings. The van der Waals surface area contributed by atoms with Gasteiger partial charge in [-0.05, 0) is 6.92 Å². The van der Waals surface area contributed by atoms with Crippen LogP contribution in [0.1, 0.15) is 6.92 Å². The third kappa shape index (κ3) is 3.40. The van der Waals surface area contributed by atoms with Gasteiger partial charge in [0.1, 0.15) is 18.3 Å². The second kappa shape index (κ2) is 6.04. The van der Waals surface area contributed by atoms with Crippen molar-refractivity contribution < 1.29 is 24.5 Å². The minimum absolute atomic E-state index is 0.528. The Morgan fingerprint density at radius 1 is 1.23 bits per heavy atom. The first-order valence-corrected chi connectivity index (χ1v) is 3.95. The summed E-state index contributed by atoms with van der Waals surface area (Å²) in [5, 5.41) is 18.5. The molecule has 0 saturated heterocycles. The Morgan fingerprint density at radius 3 is 2.00 bits per heavy atom. The smallest absolute Gasteiger partial charge is 0.151 e. The molecule has 0 heterocycles. The van der Waals surface area contributed by atoms with E-state index in [9.17, 15) is 9.90 Å². The number of hydrogen-bond donors (Lipinski definition) is 2. The van der Waals surface area contributed by atoms with E-state index in [4.69, 9.17) is 14.6 Å². The summed E-state index contributed by atoms with van der Waals surface area (Å²) in [4.78, 5) is 10.5. The summed E-state index contributed by atoms with van der Waals surface area (Å²) >= 11 is 0. The molecule has 2 N–H and O–H groups in total. The predicted molar refractivity (Wildman–Crippen MR) is 45.3 cm³/mol. The van der Waals surface area contributed by atoms with Crippen molar-refractivity contribution >= 4 is 6.29 Å². The lowest BCUT2D eigenvalue weighted by Gasteiger charge is -2.26. The van der Waals surface area contributed by atoms with Gasteiger partial charge >= 0.3 is 0 Å². The van der Waals surface area contributed by atoms with E-state index in [1.165, 1.54) is 21.1 Å². The van der Waals surface area contributed by atoms with Gasteiger partial charge in [0.05, 0.1) is 6.10 Å². The van der Waals surface area contributed by atoms with E-state index in [1.54, 1.807) is 0 Å². The number of carbonyl (C=O) groups is 1. The lowest BCUT2D eigenvalue weighted by atomic mass is 10.0. The molecule has 0 aliphatic heterocycles. The van der Waals surface area contributed by atoms with E-state index in [-0.39, 0.29) is 0 Å². The summed E-state index contributed by atoms with van der Waals surface area (Å²) in [5.41, 5.74) is 0. The highest BCUT2D eigenvalue weighted by molar-refractivity contribution is 5.57. The highest BCUT2D eigenvalue weighted by Crippen LogP contribution is 2.09. The van der Waals surface area contributed by atoms with Gasteiger partial charge in [-0.2, -0.15) is 0 Å². The van der Waals surface area contributed by atoms with E-state index in [1.807, 2.05) is 0 Å². The fourth-order valence-corrected chi connectivity index (χ4v) is 1.01. The maximum atomic E-state index is 10.5. The molecule has 0 aliphatic carbocycles. The predicted octanol–water partition coefficient (Wildman–Crippen LogP) is -1.04. The van der Waals surface area contributed by atoms with Gasteiger partial charge in [0.2, 0.25) is 0 Å². The maximum absolute atomic E-state index is 10.5. The number of rotatable bonds is 6. The van der Waals surface area contributed by atoms with Crippen molar-refractivity contribution in [1.29, 1.82) is 0 Å². The van der Waals surface area contributed by atoms with Gasteiger partial charge in [0.25, 0.3) is 0 Å². The molecule has 0 aromatic heterocycles. The van der Waals surface area contributed by atoms with Crippen molar-refractivity contribution in [3.63, 3.8) is 0 Å². The fraction of sp³-hybridized carbons (Fsp3) is 0.875. The Morgan fingerprint density at radius 2 is 1.77 bits per heavy atom. The van der Waals surface area contributed by atoms with Crippen molar-refractivity contribution in [2.45, 2.75) is 31.3 Å². The minimum atomic E-state index is -1.14. The van der Waals surface area contributed by atoms with Crippen molar-refractivity contribution in [2.75, 3.05) is 14.2 Å². The zero-order valence-corrected chi connectivity index (χ0v) is 8.01. The summed E-state index contributed by atoms with van der Waals surface area (Å²) in [6.45, 7) is 1.41. The van der Waals surface area contributed by atoms with Crippen LogP contribution in [0.4, 0.5) is 0 Å². The van der Waals surface area contributed by atoms with Crippen LogP contribution >= 0.6 is 0 Å². The zero-order valence-electron chi connectivity index (χ0n) is 8.01. The van der Waals surface area contributed by atoms with E-state index in [2.05, 4.69) is 0 Å². The fourth-order valence-electron chi connectivity index (χ4n) is 1.01. The summed E-state index contributed by atoms with van der Waals surface area (Å²) in [7, 11) is 2.67. The van der Waals surface area contributed by atoms with Gasteiger partial charge in [-0.3, -0.25) is 0 Å². The monoisotopic (exact) mass is 192 g/mol. The standard InChI is InChI=1S/C8H16O5/c1-5(10)7(11)8(13-3)6(4-9)12-2/h4-8,10-11H,1-3H3/t5-,6+,7+,8-/m0/s1. The summed E-state index contributed by atoms with van der Waals surface area (Å²) in [5.74, 6) is 0. The van der Waals surface area contributed by atoms with E-state index < -0.39 is 24.4 Å². The SMILES string of the molecule is CO[C@H]([C@H](O)[C@H](C)O)[C@@H](C=O)OC. The Labute approximate surface area is 77.3 Å². The molecule has 0 unspecified atom stereocenters. The van der Waals surface area contributed by atoms with Gasteiger partial charge in [0.15, 0.2) is 6.29 Å². The van der Waals surface area contributed by atoms with Crippen LogP contribution in [0, 0.1) is 0 Å². The van der Waals surface area contributed by atoms with Crippen LogP contribution in [0.5, 0.6) is 0 Å². The maximum Gasteiger partial charge on any atom is 0.151 e. The van der Waals surface area contributed by atoms with Crippen LogP contribution in [0.2, 0.25) is 0 Å². The van der Waals surface area contributed by atoms with Crippen LogP contribution in [0.25, 0.3) is 0 Å². The van der Waals surface area contributed by atoms with E-state index in [0.717, 1.165) is 0 Å². The van der Waals surface area contributed by atoms with Crippen LogP contribution in [0.3, 0.4) is 0 Å². The van der Waals surface area contributed by atoms with Gasteiger partial charge in [0, 0.05) is 14.2 Å². The van der Waals surface area contributed by atoms with Gasteiger partial charge < -0.3 is 24.5 Å². The number of methoxy groups -OCH3 is 2. The van der Waals surface area contributed by atoms with Crippen molar-refractivity contribution in [3.05, 3.63) is 0 Å². The number of aliphatic hydroxyl groups is 2. The second-order valence-electron chi connectivity index (χ2n) is 2.77. The van der Waals surface area contributed by atoms with Gasteiger partial charge in [-0.1, -0.05) is 0 Å². The van der Waals surface area contributed by atoms with Crippen molar-refractivity contribution in [3.8, 4) is 0 Å². The lowest BCUT2D eigenvalue weighted by molar-refractivity contribution is -0.143. The molecular formula is C8H16O5. The number of ether oxygens (including phenoxy) is 2. The molecule has 0 saturated carbocycles. The molecule has 5 nitrogen and oxygen atoms in total. The highest BCUT2D eigenvalue weighted by Gasteiger charge is 2.31. The van der Waals surface area contributed by atoms with Crippen LogP contribution in [0.15, 0.2) is 0 Å². The second-order valence-corrected chi connectivity index (χ2v) is 2.77. The molecule has 0 amide bonds.